The van der Waals surface area contributed by atoms with Gasteiger partial charge in [0, 0.05) is 11.6 Å². The number of nitrogens with zero attached hydrogens (tertiary/aromatic N) is 5. The number of hydrogen-bond donors (Lipinski definition) is 1. The Labute approximate surface area is 111 Å². The van der Waals surface area contributed by atoms with Gasteiger partial charge in [-0.3, -0.25) is 10.1 Å². The maximum absolute atomic E-state index is 4.18. The van der Waals surface area contributed by atoms with Crippen LogP contribution >= 0.6 is 11.3 Å². The highest BCUT2D eigenvalue weighted by Crippen LogP contribution is 2.23. The highest BCUT2D eigenvalue weighted by molar-refractivity contribution is 7.13. The molecule has 1 N–H and O–H groups in total. The Kier molecular flexibility index (Phi) is 2.18. The van der Waals surface area contributed by atoms with Gasteiger partial charge in [-0.05, 0) is 12.1 Å². The van der Waals surface area contributed by atoms with E-state index in [-0.39, 0.29) is 0 Å². The molecule has 7 heteroatoms. The van der Waals surface area contributed by atoms with Crippen molar-refractivity contribution in [2.45, 2.75) is 0 Å². The minimum atomic E-state index is 0.822. The maximum atomic E-state index is 4.18. The van der Waals surface area contributed by atoms with Crippen LogP contribution in [-0.2, 0) is 0 Å². The Morgan fingerprint density at radius 1 is 1.21 bits per heavy atom. The third-order valence-corrected chi connectivity index (χ3v) is 3.68. The smallest absolute Gasteiger partial charge is 0.125 e. The van der Waals surface area contributed by atoms with Crippen LogP contribution in [0.3, 0.4) is 0 Å². The molecule has 0 aliphatic carbocycles. The second-order valence-electron chi connectivity index (χ2n) is 4.02. The summed E-state index contributed by atoms with van der Waals surface area (Å²) in [6.45, 7) is 0. The maximum Gasteiger partial charge on any atom is 0.125 e. The first-order chi connectivity index (χ1) is 9.42. The van der Waals surface area contributed by atoms with Crippen LogP contribution in [-0.4, -0.2) is 30.2 Å². The van der Waals surface area contributed by atoms with Crippen molar-refractivity contribution in [3.63, 3.8) is 0 Å². The minimum absolute atomic E-state index is 0.822. The van der Waals surface area contributed by atoms with Crippen molar-refractivity contribution in [3.05, 3.63) is 42.3 Å². The minimum Gasteiger partial charge on any atom is -0.278 e. The third kappa shape index (κ3) is 1.63. The molecule has 4 aromatic rings. The molecule has 0 spiro atoms. The molecule has 6 nitrogen and oxygen atoms in total. The van der Waals surface area contributed by atoms with Crippen LogP contribution in [0, 0.1) is 0 Å². The first-order valence-electron chi connectivity index (χ1n) is 5.65. The van der Waals surface area contributed by atoms with Crippen LogP contribution < -0.4 is 0 Å². The van der Waals surface area contributed by atoms with Gasteiger partial charge < -0.3 is 0 Å². The first-order valence-corrected chi connectivity index (χ1v) is 6.53. The summed E-state index contributed by atoms with van der Waals surface area (Å²) >= 11 is 1.54. The van der Waals surface area contributed by atoms with E-state index in [2.05, 4.69) is 25.5 Å². The zero-order chi connectivity index (χ0) is 12.7. The van der Waals surface area contributed by atoms with Crippen molar-refractivity contribution in [1.82, 2.24) is 30.2 Å². The fourth-order valence-electron chi connectivity index (χ4n) is 1.99. The monoisotopic (exact) mass is 268 g/mol. The molecule has 0 aliphatic rings. The Bertz CT molecular complexity index is 829. The number of aromatic nitrogens is 6. The second kappa shape index (κ2) is 3.99. The quantitative estimate of drug-likeness (QED) is 0.605. The van der Waals surface area contributed by atoms with Crippen LogP contribution in [0.2, 0.25) is 0 Å². The number of fused-ring (bicyclic) bond motifs is 1. The molecule has 0 aliphatic heterocycles. The normalized spacial score (nSPS) is 11.2. The van der Waals surface area contributed by atoms with Gasteiger partial charge in [0.2, 0.25) is 0 Å². The van der Waals surface area contributed by atoms with E-state index in [1.165, 1.54) is 0 Å². The summed E-state index contributed by atoms with van der Waals surface area (Å²) in [5, 5.41) is 16.4. The van der Waals surface area contributed by atoms with E-state index in [0.29, 0.717) is 0 Å². The molecular weight excluding hydrogens is 260 g/mol. The summed E-state index contributed by atoms with van der Waals surface area (Å²) in [6.07, 6.45) is 5.48. The molecule has 3 aromatic heterocycles. The number of rotatable bonds is 2. The van der Waals surface area contributed by atoms with Gasteiger partial charge in [0.05, 0.1) is 34.0 Å². The molecular formula is C12H8N6S. The van der Waals surface area contributed by atoms with Crippen molar-refractivity contribution in [1.29, 1.82) is 0 Å². The molecule has 0 unspecified atom stereocenters. The Morgan fingerprint density at radius 3 is 3.11 bits per heavy atom. The van der Waals surface area contributed by atoms with Crippen molar-refractivity contribution < 1.29 is 0 Å². The summed E-state index contributed by atoms with van der Waals surface area (Å²) in [7, 11) is 0. The number of H-pyrrole nitrogens is 1. The lowest BCUT2D eigenvalue weighted by Crippen LogP contribution is -1.94. The van der Waals surface area contributed by atoms with E-state index >= 15 is 0 Å². The van der Waals surface area contributed by atoms with Gasteiger partial charge in [-0.2, -0.15) is 5.10 Å². The SMILES string of the molecule is c1cc(-n2cc(-c3cncs3)nn2)c2cn[nH]c2c1. The van der Waals surface area contributed by atoms with Gasteiger partial charge in [-0.1, -0.05) is 11.3 Å². The summed E-state index contributed by atoms with van der Waals surface area (Å²) < 4.78 is 1.76. The van der Waals surface area contributed by atoms with Crippen molar-refractivity contribution in [3.8, 4) is 16.3 Å². The molecule has 0 saturated heterocycles. The van der Waals surface area contributed by atoms with Crippen molar-refractivity contribution in [2.75, 3.05) is 0 Å². The summed E-state index contributed by atoms with van der Waals surface area (Å²) in [6, 6.07) is 5.93. The summed E-state index contributed by atoms with van der Waals surface area (Å²) in [4.78, 5) is 5.05. The van der Waals surface area contributed by atoms with Gasteiger partial charge in [0.25, 0.3) is 0 Å². The number of hydrogen-bond acceptors (Lipinski definition) is 5. The average molecular weight is 268 g/mol. The molecule has 0 atom stereocenters. The molecule has 92 valence electrons. The van der Waals surface area contributed by atoms with E-state index in [9.17, 15) is 0 Å². The third-order valence-electron chi connectivity index (χ3n) is 2.89. The van der Waals surface area contributed by atoms with Gasteiger partial charge in [0.1, 0.15) is 5.69 Å². The average Bonchev–Trinajstić information content (AvgIpc) is 3.18. The number of aromatic amines is 1. The summed E-state index contributed by atoms with van der Waals surface area (Å²) in [5.41, 5.74) is 4.54. The van der Waals surface area contributed by atoms with Crippen LogP contribution in [0.25, 0.3) is 27.2 Å². The molecule has 19 heavy (non-hydrogen) atoms. The zero-order valence-electron chi connectivity index (χ0n) is 9.69. The molecule has 4 rings (SSSR count). The van der Waals surface area contributed by atoms with E-state index in [4.69, 9.17) is 0 Å². The van der Waals surface area contributed by atoms with Crippen LogP contribution in [0.15, 0.2) is 42.3 Å². The standard InChI is InChI=1S/C12H8N6S/c1-2-9-8(4-14-15-9)11(3-1)18-6-10(16-17-18)12-5-13-7-19-12/h1-7H,(H,14,15). The predicted octanol–water partition coefficient (Wildman–Crippen LogP) is 2.27. The van der Waals surface area contributed by atoms with Gasteiger partial charge >= 0.3 is 0 Å². The van der Waals surface area contributed by atoms with Gasteiger partial charge in [-0.15, -0.1) is 16.4 Å². The lowest BCUT2D eigenvalue weighted by molar-refractivity contribution is 0.809. The molecule has 0 radical (unpaired) electrons. The first kappa shape index (κ1) is 10.4. The molecule has 3 heterocycles. The lowest BCUT2D eigenvalue weighted by atomic mass is 10.2. The highest BCUT2D eigenvalue weighted by atomic mass is 32.1. The molecule has 0 saturated carbocycles. The number of benzene rings is 1. The predicted molar refractivity (Wildman–Crippen MR) is 72.1 cm³/mol. The van der Waals surface area contributed by atoms with Crippen LogP contribution in [0.4, 0.5) is 0 Å². The van der Waals surface area contributed by atoms with E-state index < -0.39 is 0 Å². The van der Waals surface area contributed by atoms with Crippen LogP contribution in [0.1, 0.15) is 0 Å². The topological polar surface area (TPSA) is 72.3 Å². The van der Waals surface area contributed by atoms with Crippen LogP contribution in [0.5, 0.6) is 0 Å². The largest absolute Gasteiger partial charge is 0.278 e. The van der Waals surface area contributed by atoms with E-state index in [1.54, 1.807) is 33.9 Å². The Balaban J connectivity index is 1.87. The van der Waals surface area contributed by atoms with E-state index in [1.807, 2.05) is 24.4 Å². The Morgan fingerprint density at radius 2 is 2.21 bits per heavy atom. The second-order valence-corrected chi connectivity index (χ2v) is 4.91. The Hall–Kier alpha value is -2.54. The molecule has 1 aromatic carbocycles. The highest BCUT2D eigenvalue weighted by Gasteiger charge is 2.09. The number of thiazole rings is 1. The van der Waals surface area contributed by atoms with Crippen molar-refractivity contribution >= 4 is 22.2 Å². The van der Waals surface area contributed by atoms with Gasteiger partial charge in [0.15, 0.2) is 0 Å². The number of nitrogens with one attached hydrogen (secondary N) is 1. The lowest BCUT2D eigenvalue weighted by Gasteiger charge is -2.00. The fraction of sp³-hybridized carbons (Fsp3) is 0. The molecule has 0 amide bonds. The fourth-order valence-corrected chi connectivity index (χ4v) is 2.56. The van der Waals surface area contributed by atoms with Crippen molar-refractivity contribution in [2.24, 2.45) is 0 Å². The summed E-state index contributed by atoms with van der Waals surface area (Å²) in [5.74, 6) is 0. The zero-order valence-corrected chi connectivity index (χ0v) is 10.5. The van der Waals surface area contributed by atoms with Gasteiger partial charge in [-0.25, -0.2) is 4.68 Å². The molecule has 0 bridgehead atoms. The van der Waals surface area contributed by atoms with E-state index in [0.717, 1.165) is 27.2 Å². The molecule has 0 fully saturated rings.